The molecule has 0 spiro atoms. The normalized spacial score (nSPS) is 15.9. The Morgan fingerprint density at radius 3 is 2.69 bits per heavy atom. The van der Waals surface area contributed by atoms with E-state index in [2.05, 4.69) is 10.6 Å². The van der Waals surface area contributed by atoms with E-state index in [1.54, 1.807) is 4.90 Å². The summed E-state index contributed by atoms with van der Waals surface area (Å²) in [5.41, 5.74) is -0.253. The maximum Gasteiger partial charge on any atom is 0.409 e. The van der Waals surface area contributed by atoms with Crippen LogP contribution >= 0.6 is 0 Å². The zero-order valence-electron chi connectivity index (χ0n) is 10.0. The Hall–Kier alpha value is -1.46. The summed E-state index contributed by atoms with van der Waals surface area (Å²) in [6.45, 7) is 7.67. The molecule has 2 N–H and O–H groups in total. The van der Waals surface area contributed by atoms with Crippen molar-refractivity contribution in [2.24, 2.45) is 0 Å². The summed E-state index contributed by atoms with van der Waals surface area (Å²) < 4.78 is 4.76. The van der Waals surface area contributed by atoms with Gasteiger partial charge in [-0.15, -0.1) is 0 Å². The maximum absolute atomic E-state index is 11.4. The molecule has 6 heteroatoms. The summed E-state index contributed by atoms with van der Waals surface area (Å²) in [5.74, 6) is 0. The van der Waals surface area contributed by atoms with E-state index in [0.29, 0.717) is 26.2 Å². The number of nitrogens with zero attached hydrogens (tertiary/aromatic N) is 1. The van der Waals surface area contributed by atoms with Crippen LogP contribution in [0.15, 0.2) is 0 Å². The molecule has 6 nitrogen and oxygen atoms in total. The van der Waals surface area contributed by atoms with Crippen molar-refractivity contribution >= 4 is 12.1 Å². The molecular formula is C10H19N3O3. The fraction of sp³-hybridized carbons (Fsp3) is 0.800. The molecule has 92 valence electrons. The van der Waals surface area contributed by atoms with E-state index in [-0.39, 0.29) is 17.7 Å². The number of rotatable bonds is 3. The molecule has 1 heterocycles. The van der Waals surface area contributed by atoms with Gasteiger partial charge in [-0.1, -0.05) is 0 Å². The van der Waals surface area contributed by atoms with Crippen LogP contribution in [0.5, 0.6) is 0 Å². The quantitative estimate of drug-likeness (QED) is 0.742. The molecule has 16 heavy (non-hydrogen) atoms. The van der Waals surface area contributed by atoms with E-state index in [9.17, 15) is 9.59 Å². The molecule has 1 aliphatic rings. The Balaban J connectivity index is 2.15. The lowest BCUT2D eigenvalue weighted by Gasteiger charge is -2.21. The minimum atomic E-state index is -0.307. The third-order valence-electron chi connectivity index (χ3n) is 2.00. The highest BCUT2D eigenvalue weighted by Gasteiger charge is 2.21. The first-order chi connectivity index (χ1) is 7.38. The first-order valence-corrected chi connectivity index (χ1v) is 5.36. The molecular weight excluding hydrogens is 210 g/mol. The SMILES string of the molecule is CC(C)(C)NC(=O)NCCN1CCOC1=O. The molecule has 0 saturated carbocycles. The van der Waals surface area contributed by atoms with Crippen LogP contribution in [0.2, 0.25) is 0 Å². The molecule has 0 aromatic heterocycles. The van der Waals surface area contributed by atoms with E-state index < -0.39 is 0 Å². The van der Waals surface area contributed by atoms with Crippen LogP contribution in [0.1, 0.15) is 20.8 Å². The van der Waals surface area contributed by atoms with Crippen molar-refractivity contribution in [2.45, 2.75) is 26.3 Å². The van der Waals surface area contributed by atoms with Crippen molar-refractivity contribution in [3.63, 3.8) is 0 Å². The molecule has 0 radical (unpaired) electrons. The van der Waals surface area contributed by atoms with Gasteiger partial charge in [0.15, 0.2) is 0 Å². The van der Waals surface area contributed by atoms with Crippen LogP contribution < -0.4 is 10.6 Å². The lowest BCUT2D eigenvalue weighted by Crippen LogP contribution is -2.48. The van der Waals surface area contributed by atoms with Gasteiger partial charge in [-0.3, -0.25) is 0 Å². The lowest BCUT2D eigenvalue weighted by atomic mass is 10.1. The number of urea groups is 1. The van der Waals surface area contributed by atoms with Gasteiger partial charge in [0.1, 0.15) is 6.61 Å². The molecule has 0 atom stereocenters. The minimum Gasteiger partial charge on any atom is -0.448 e. The molecule has 0 bridgehead atoms. The molecule has 1 fully saturated rings. The van der Waals surface area contributed by atoms with Crippen molar-refractivity contribution in [2.75, 3.05) is 26.2 Å². The van der Waals surface area contributed by atoms with E-state index in [1.165, 1.54) is 0 Å². The number of hydrogen-bond acceptors (Lipinski definition) is 3. The summed E-state index contributed by atoms with van der Waals surface area (Å²) in [6, 6.07) is -0.222. The van der Waals surface area contributed by atoms with Crippen molar-refractivity contribution in [3.05, 3.63) is 0 Å². The third-order valence-corrected chi connectivity index (χ3v) is 2.00. The van der Waals surface area contributed by atoms with Crippen LogP contribution in [0.25, 0.3) is 0 Å². The fourth-order valence-corrected chi connectivity index (χ4v) is 1.32. The Labute approximate surface area is 95.3 Å². The van der Waals surface area contributed by atoms with Gasteiger partial charge in [0.05, 0.1) is 6.54 Å². The highest BCUT2D eigenvalue weighted by atomic mass is 16.6. The van der Waals surface area contributed by atoms with Crippen molar-refractivity contribution in [3.8, 4) is 0 Å². The average molecular weight is 229 g/mol. The Kier molecular flexibility index (Phi) is 3.98. The molecule has 0 unspecified atom stereocenters. The Bertz CT molecular complexity index is 273. The van der Waals surface area contributed by atoms with Gasteiger partial charge in [0, 0.05) is 18.6 Å². The van der Waals surface area contributed by atoms with Crippen LogP contribution in [-0.2, 0) is 4.74 Å². The number of cyclic esters (lactones) is 1. The van der Waals surface area contributed by atoms with Crippen molar-refractivity contribution < 1.29 is 14.3 Å². The average Bonchev–Trinajstić information content (AvgIpc) is 2.48. The monoisotopic (exact) mass is 229 g/mol. The lowest BCUT2D eigenvalue weighted by molar-refractivity contribution is 0.158. The first kappa shape index (κ1) is 12.6. The van der Waals surface area contributed by atoms with E-state index >= 15 is 0 Å². The second kappa shape index (κ2) is 5.05. The smallest absolute Gasteiger partial charge is 0.409 e. The Morgan fingerprint density at radius 2 is 2.19 bits per heavy atom. The highest BCUT2D eigenvalue weighted by molar-refractivity contribution is 5.74. The molecule has 1 saturated heterocycles. The maximum atomic E-state index is 11.4. The van der Waals surface area contributed by atoms with E-state index in [4.69, 9.17) is 4.74 Å². The predicted octanol–water partition coefficient (Wildman–Crippen LogP) is 0.536. The number of amides is 3. The topological polar surface area (TPSA) is 70.7 Å². The fourth-order valence-electron chi connectivity index (χ4n) is 1.32. The number of carbonyl (C=O) groups is 2. The number of ether oxygens (including phenoxy) is 1. The summed E-state index contributed by atoms with van der Waals surface area (Å²) in [6.07, 6.45) is -0.307. The van der Waals surface area contributed by atoms with Gasteiger partial charge >= 0.3 is 12.1 Å². The van der Waals surface area contributed by atoms with Gasteiger partial charge in [0.2, 0.25) is 0 Å². The summed E-state index contributed by atoms with van der Waals surface area (Å²) >= 11 is 0. The minimum absolute atomic E-state index is 0.222. The molecule has 0 aromatic rings. The van der Waals surface area contributed by atoms with Crippen molar-refractivity contribution in [1.29, 1.82) is 0 Å². The number of nitrogens with one attached hydrogen (secondary N) is 2. The van der Waals surface area contributed by atoms with Crippen LogP contribution in [-0.4, -0.2) is 48.8 Å². The largest absolute Gasteiger partial charge is 0.448 e. The molecule has 0 aliphatic carbocycles. The van der Waals surface area contributed by atoms with Gasteiger partial charge in [-0.2, -0.15) is 0 Å². The summed E-state index contributed by atoms with van der Waals surface area (Å²) in [7, 11) is 0. The van der Waals surface area contributed by atoms with Gasteiger partial charge in [0.25, 0.3) is 0 Å². The molecule has 1 aliphatic heterocycles. The second-order valence-electron chi connectivity index (χ2n) is 4.73. The van der Waals surface area contributed by atoms with Gasteiger partial charge in [-0.05, 0) is 20.8 Å². The van der Waals surface area contributed by atoms with Crippen LogP contribution in [0.4, 0.5) is 9.59 Å². The summed E-state index contributed by atoms with van der Waals surface area (Å²) in [4.78, 5) is 24.0. The molecule has 3 amide bonds. The van der Waals surface area contributed by atoms with Crippen LogP contribution in [0.3, 0.4) is 0 Å². The molecule has 0 aromatic carbocycles. The highest BCUT2D eigenvalue weighted by Crippen LogP contribution is 2.01. The van der Waals surface area contributed by atoms with Crippen LogP contribution in [0, 0.1) is 0 Å². The number of carbonyl (C=O) groups excluding carboxylic acids is 2. The van der Waals surface area contributed by atoms with Gasteiger partial charge in [-0.25, -0.2) is 9.59 Å². The first-order valence-electron chi connectivity index (χ1n) is 5.36. The van der Waals surface area contributed by atoms with E-state index in [1.807, 2.05) is 20.8 Å². The zero-order chi connectivity index (χ0) is 12.2. The summed E-state index contributed by atoms with van der Waals surface area (Å²) in [5, 5.41) is 5.46. The Morgan fingerprint density at radius 1 is 1.50 bits per heavy atom. The molecule has 1 rings (SSSR count). The van der Waals surface area contributed by atoms with Gasteiger partial charge < -0.3 is 20.3 Å². The predicted molar refractivity (Wildman–Crippen MR) is 59.2 cm³/mol. The number of hydrogen-bond donors (Lipinski definition) is 2. The standard InChI is InChI=1S/C10H19N3O3/c1-10(2,3)12-8(14)11-4-5-13-6-7-16-9(13)15/h4-7H2,1-3H3,(H2,11,12,14). The third kappa shape index (κ3) is 4.37. The van der Waals surface area contributed by atoms with E-state index in [0.717, 1.165) is 0 Å². The second-order valence-corrected chi connectivity index (χ2v) is 4.73. The zero-order valence-corrected chi connectivity index (χ0v) is 10.0. The van der Waals surface area contributed by atoms with Crippen molar-refractivity contribution in [1.82, 2.24) is 15.5 Å².